The van der Waals surface area contributed by atoms with Gasteiger partial charge in [0.25, 0.3) is 5.91 Å². The number of anilines is 1. The van der Waals surface area contributed by atoms with Gasteiger partial charge in [-0.05, 0) is 48.9 Å². The Kier molecular flexibility index (Phi) is 6.80. The van der Waals surface area contributed by atoms with Crippen LogP contribution in [0.2, 0.25) is 5.02 Å². The molecule has 9 heteroatoms. The molecule has 0 bridgehead atoms. The van der Waals surface area contributed by atoms with E-state index in [1.165, 1.54) is 12.1 Å². The van der Waals surface area contributed by atoms with Crippen LogP contribution in [-0.4, -0.2) is 32.8 Å². The van der Waals surface area contributed by atoms with Crippen molar-refractivity contribution in [2.24, 2.45) is 5.10 Å². The van der Waals surface area contributed by atoms with Crippen LogP contribution in [0.4, 0.5) is 5.69 Å². The van der Waals surface area contributed by atoms with E-state index < -0.39 is 22.5 Å². The second kappa shape index (κ2) is 8.66. The Hall–Kier alpha value is -1.90. The van der Waals surface area contributed by atoms with Gasteiger partial charge in [-0.3, -0.25) is 9.10 Å². The molecule has 0 radical (unpaired) electrons. The normalized spacial score (nSPS) is 11.9. The zero-order chi connectivity index (χ0) is 19.3. The largest absolute Gasteiger partial charge is 0.271 e. The number of halogens is 2. The van der Waals surface area contributed by atoms with Crippen LogP contribution in [0.3, 0.4) is 0 Å². The maximum atomic E-state index is 12.2. The number of benzene rings is 2. The maximum absolute atomic E-state index is 12.2. The highest BCUT2D eigenvalue weighted by Gasteiger charge is 2.20. The molecular formula is C17H17BrClN3O3S. The fourth-order valence-electron chi connectivity index (χ4n) is 2.10. The zero-order valence-corrected chi connectivity index (χ0v) is 17.3. The Labute approximate surface area is 166 Å². The minimum absolute atomic E-state index is 0.347. The number of carbonyl (C=O) groups excluding carboxylic acids is 1. The minimum atomic E-state index is -3.65. The van der Waals surface area contributed by atoms with Gasteiger partial charge in [-0.15, -0.1) is 0 Å². The number of hydrazone groups is 1. The van der Waals surface area contributed by atoms with Gasteiger partial charge >= 0.3 is 0 Å². The van der Waals surface area contributed by atoms with E-state index in [0.717, 1.165) is 20.6 Å². The molecule has 0 aliphatic heterocycles. The summed E-state index contributed by atoms with van der Waals surface area (Å²) in [6, 6.07) is 13.6. The molecule has 2 aromatic rings. The fourth-order valence-corrected chi connectivity index (χ4v) is 3.48. The molecule has 0 unspecified atom stereocenters. The Bertz CT molecular complexity index is 931. The third-order valence-electron chi connectivity index (χ3n) is 3.39. The molecule has 0 atom stereocenters. The van der Waals surface area contributed by atoms with Gasteiger partial charge in [0, 0.05) is 9.50 Å². The van der Waals surface area contributed by atoms with E-state index in [9.17, 15) is 13.2 Å². The molecule has 1 amide bonds. The number of hydrogen-bond donors (Lipinski definition) is 1. The van der Waals surface area contributed by atoms with Crippen LogP contribution in [0.15, 0.2) is 58.1 Å². The molecule has 6 nitrogen and oxygen atoms in total. The van der Waals surface area contributed by atoms with Gasteiger partial charge in [-0.2, -0.15) is 5.10 Å². The summed E-state index contributed by atoms with van der Waals surface area (Å²) in [6.07, 6.45) is 1.03. The smallest absolute Gasteiger partial charge is 0.260 e. The first-order chi connectivity index (χ1) is 12.2. The fraction of sp³-hybridized carbons (Fsp3) is 0.176. The maximum Gasteiger partial charge on any atom is 0.260 e. The van der Waals surface area contributed by atoms with Gasteiger partial charge in [0.1, 0.15) is 6.54 Å². The molecule has 26 heavy (non-hydrogen) atoms. The average molecular weight is 459 g/mol. The predicted octanol–water partition coefficient (Wildman–Crippen LogP) is 3.41. The molecule has 138 valence electrons. The molecule has 0 saturated carbocycles. The number of nitrogens with one attached hydrogen (secondary N) is 1. The van der Waals surface area contributed by atoms with Crippen LogP contribution < -0.4 is 9.73 Å². The summed E-state index contributed by atoms with van der Waals surface area (Å²) in [5.41, 5.74) is 4.16. The molecular weight excluding hydrogens is 442 g/mol. The molecule has 0 spiro atoms. The number of rotatable bonds is 6. The highest BCUT2D eigenvalue weighted by molar-refractivity contribution is 9.10. The summed E-state index contributed by atoms with van der Waals surface area (Å²) >= 11 is 9.19. The van der Waals surface area contributed by atoms with Crippen LogP contribution in [0.5, 0.6) is 0 Å². The van der Waals surface area contributed by atoms with E-state index in [4.69, 9.17) is 11.6 Å². The van der Waals surface area contributed by atoms with E-state index in [1.54, 1.807) is 19.1 Å². The Morgan fingerprint density at radius 3 is 2.46 bits per heavy atom. The summed E-state index contributed by atoms with van der Waals surface area (Å²) in [6.45, 7) is 1.35. The van der Waals surface area contributed by atoms with Crippen molar-refractivity contribution in [1.29, 1.82) is 0 Å². The SMILES string of the molecule is C/C(=N/NC(=O)CN(c1ccc(Cl)cc1)S(C)(=O)=O)c1cccc(Br)c1. The zero-order valence-electron chi connectivity index (χ0n) is 14.1. The molecule has 0 aliphatic carbocycles. The highest BCUT2D eigenvalue weighted by Crippen LogP contribution is 2.20. The van der Waals surface area contributed by atoms with Crippen LogP contribution in [-0.2, 0) is 14.8 Å². The van der Waals surface area contributed by atoms with Crippen LogP contribution in [0, 0.1) is 0 Å². The summed E-state index contributed by atoms with van der Waals surface area (Å²) in [5.74, 6) is -0.556. The molecule has 0 heterocycles. The van der Waals surface area contributed by atoms with E-state index in [0.29, 0.717) is 16.4 Å². The minimum Gasteiger partial charge on any atom is -0.271 e. The molecule has 0 aromatic heterocycles. The van der Waals surface area contributed by atoms with Crippen molar-refractivity contribution in [3.8, 4) is 0 Å². The van der Waals surface area contributed by atoms with E-state index in [2.05, 4.69) is 26.5 Å². The molecule has 0 aliphatic rings. The van der Waals surface area contributed by atoms with Crippen molar-refractivity contribution < 1.29 is 13.2 Å². The van der Waals surface area contributed by atoms with Crippen molar-refractivity contribution in [1.82, 2.24) is 5.43 Å². The van der Waals surface area contributed by atoms with Gasteiger partial charge < -0.3 is 0 Å². The standard InChI is InChI=1S/C17H17BrClN3O3S/c1-12(13-4-3-5-14(18)10-13)20-21-17(23)11-22(26(2,24)25)16-8-6-15(19)7-9-16/h3-10H,11H2,1-2H3,(H,21,23)/b20-12-. The molecule has 0 saturated heterocycles. The summed E-state index contributed by atoms with van der Waals surface area (Å²) in [5, 5.41) is 4.51. The van der Waals surface area contributed by atoms with Crippen LogP contribution in [0.1, 0.15) is 12.5 Å². The average Bonchev–Trinajstić information content (AvgIpc) is 2.57. The third kappa shape index (κ3) is 5.82. The lowest BCUT2D eigenvalue weighted by molar-refractivity contribution is -0.119. The van der Waals surface area contributed by atoms with Gasteiger partial charge in [-0.1, -0.05) is 39.7 Å². The Morgan fingerprint density at radius 2 is 1.88 bits per heavy atom. The van der Waals surface area contributed by atoms with Gasteiger partial charge in [0.2, 0.25) is 10.0 Å². The Balaban J connectivity index is 2.12. The molecule has 0 fully saturated rings. The highest BCUT2D eigenvalue weighted by atomic mass is 79.9. The number of hydrogen-bond acceptors (Lipinski definition) is 4. The second-order valence-corrected chi connectivity index (χ2v) is 8.75. The summed E-state index contributed by atoms with van der Waals surface area (Å²) in [7, 11) is -3.65. The first-order valence-electron chi connectivity index (χ1n) is 7.49. The summed E-state index contributed by atoms with van der Waals surface area (Å²) < 4.78 is 25.9. The second-order valence-electron chi connectivity index (χ2n) is 5.49. The van der Waals surface area contributed by atoms with Crippen LogP contribution in [0.25, 0.3) is 0 Å². The predicted molar refractivity (Wildman–Crippen MR) is 108 cm³/mol. The van der Waals surface area contributed by atoms with Gasteiger partial charge in [-0.25, -0.2) is 13.8 Å². The summed E-state index contributed by atoms with van der Waals surface area (Å²) in [4.78, 5) is 12.2. The van der Waals surface area contributed by atoms with Crippen molar-refractivity contribution in [3.05, 3.63) is 63.6 Å². The molecule has 2 aromatic carbocycles. The lowest BCUT2D eigenvalue weighted by Gasteiger charge is -2.21. The number of amides is 1. The van der Waals surface area contributed by atoms with E-state index >= 15 is 0 Å². The van der Waals surface area contributed by atoms with Crippen LogP contribution >= 0.6 is 27.5 Å². The van der Waals surface area contributed by atoms with Gasteiger partial charge in [0.15, 0.2) is 0 Å². The number of sulfonamides is 1. The lowest BCUT2D eigenvalue weighted by Crippen LogP contribution is -2.39. The monoisotopic (exact) mass is 457 g/mol. The first-order valence-corrected chi connectivity index (χ1v) is 10.5. The molecule has 1 N–H and O–H groups in total. The lowest BCUT2D eigenvalue weighted by atomic mass is 10.1. The topological polar surface area (TPSA) is 78.8 Å². The van der Waals surface area contributed by atoms with Crippen molar-refractivity contribution in [2.45, 2.75) is 6.92 Å². The third-order valence-corrected chi connectivity index (χ3v) is 5.28. The Morgan fingerprint density at radius 1 is 1.23 bits per heavy atom. The van der Waals surface area contributed by atoms with Crippen molar-refractivity contribution in [2.75, 3.05) is 17.1 Å². The number of carbonyl (C=O) groups is 1. The molecule has 2 rings (SSSR count). The quantitative estimate of drug-likeness (QED) is 0.532. The van der Waals surface area contributed by atoms with Gasteiger partial charge in [0.05, 0.1) is 17.7 Å². The van der Waals surface area contributed by atoms with E-state index in [1.807, 2.05) is 24.3 Å². The van der Waals surface area contributed by atoms with Crippen molar-refractivity contribution >= 4 is 54.9 Å². The van der Waals surface area contributed by atoms with Crippen molar-refractivity contribution in [3.63, 3.8) is 0 Å². The number of nitrogens with zero attached hydrogens (tertiary/aromatic N) is 2. The van der Waals surface area contributed by atoms with E-state index in [-0.39, 0.29) is 0 Å². The first kappa shape index (κ1) is 20.4.